The summed E-state index contributed by atoms with van der Waals surface area (Å²) in [7, 11) is 3.55. The fourth-order valence-electron chi connectivity index (χ4n) is 3.18. The highest BCUT2D eigenvalue weighted by Gasteiger charge is 2.22. The quantitative estimate of drug-likeness (QED) is 0.690. The highest BCUT2D eigenvalue weighted by molar-refractivity contribution is 7.99. The summed E-state index contributed by atoms with van der Waals surface area (Å²) >= 11 is 1.31. The topological polar surface area (TPSA) is 68.5 Å². The lowest BCUT2D eigenvalue weighted by Gasteiger charge is -2.31. The van der Waals surface area contributed by atoms with Gasteiger partial charge < -0.3 is 14.1 Å². The van der Waals surface area contributed by atoms with Crippen molar-refractivity contribution in [2.45, 2.75) is 49.8 Å². The maximum atomic E-state index is 12.4. The van der Waals surface area contributed by atoms with E-state index < -0.39 is 0 Å². The maximum absolute atomic E-state index is 12.4. The van der Waals surface area contributed by atoms with Crippen molar-refractivity contribution in [3.63, 3.8) is 0 Å². The van der Waals surface area contributed by atoms with Gasteiger partial charge in [0.05, 0.1) is 19.3 Å². The number of carbonyl (C=O) groups excluding carboxylic acids is 1. The van der Waals surface area contributed by atoms with E-state index in [0.29, 0.717) is 29.3 Å². The molecule has 0 unspecified atom stereocenters. The summed E-state index contributed by atoms with van der Waals surface area (Å²) in [5.74, 6) is 1.82. The van der Waals surface area contributed by atoms with Crippen LogP contribution >= 0.6 is 11.8 Å². The molecule has 0 aliphatic heterocycles. The standard InChI is InChI=1S/C19H25N3O3S/c1-22(15-6-4-3-5-7-15)18(23)13-26-19-21-20-17(25-19)12-14-8-10-16(24-2)11-9-14/h8-11,15H,3-7,12-13H2,1-2H3. The van der Waals surface area contributed by atoms with Crippen molar-refractivity contribution in [3.05, 3.63) is 35.7 Å². The third-order valence-corrected chi connectivity index (χ3v) is 5.60. The highest BCUT2D eigenvalue weighted by atomic mass is 32.2. The molecule has 1 saturated carbocycles. The lowest BCUT2D eigenvalue weighted by atomic mass is 9.94. The Kier molecular flexibility index (Phi) is 6.55. The van der Waals surface area contributed by atoms with Crippen molar-refractivity contribution in [2.75, 3.05) is 19.9 Å². The summed E-state index contributed by atoms with van der Waals surface area (Å²) in [5, 5.41) is 8.56. The van der Waals surface area contributed by atoms with Crippen LogP contribution in [0.5, 0.6) is 5.75 Å². The minimum absolute atomic E-state index is 0.122. The third kappa shape index (κ3) is 5.00. The third-order valence-electron chi connectivity index (χ3n) is 4.80. The number of ether oxygens (including phenoxy) is 1. The first kappa shape index (κ1) is 18.8. The average molecular weight is 375 g/mol. The molecule has 0 N–H and O–H groups in total. The van der Waals surface area contributed by atoms with Gasteiger partial charge in [-0.1, -0.05) is 43.2 Å². The molecular weight excluding hydrogens is 350 g/mol. The molecular formula is C19H25N3O3S. The lowest BCUT2D eigenvalue weighted by molar-refractivity contribution is -0.129. The second-order valence-electron chi connectivity index (χ2n) is 6.57. The van der Waals surface area contributed by atoms with Crippen LogP contribution in [0, 0.1) is 0 Å². The van der Waals surface area contributed by atoms with Crippen LogP contribution in [-0.4, -0.2) is 47.0 Å². The zero-order chi connectivity index (χ0) is 18.4. The van der Waals surface area contributed by atoms with E-state index in [1.165, 1.54) is 31.0 Å². The molecule has 26 heavy (non-hydrogen) atoms. The van der Waals surface area contributed by atoms with Crippen molar-refractivity contribution < 1.29 is 13.9 Å². The Bertz CT molecular complexity index is 711. The molecule has 6 nitrogen and oxygen atoms in total. The Morgan fingerprint density at radius 3 is 2.65 bits per heavy atom. The number of methoxy groups -OCH3 is 1. The molecule has 1 heterocycles. The SMILES string of the molecule is COc1ccc(Cc2nnc(SCC(=O)N(C)C3CCCCC3)o2)cc1. The number of benzene rings is 1. The molecule has 140 valence electrons. The Hall–Kier alpha value is -2.02. The van der Waals surface area contributed by atoms with Gasteiger partial charge in [0.2, 0.25) is 11.8 Å². The van der Waals surface area contributed by atoms with E-state index in [1.807, 2.05) is 36.2 Å². The smallest absolute Gasteiger partial charge is 0.277 e. The molecule has 0 radical (unpaired) electrons. The van der Waals surface area contributed by atoms with Gasteiger partial charge in [-0.25, -0.2) is 0 Å². The van der Waals surface area contributed by atoms with Crippen LogP contribution in [-0.2, 0) is 11.2 Å². The Labute approximate surface area is 158 Å². The lowest BCUT2D eigenvalue weighted by Crippen LogP contribution is -2.39. The fourth-order valence-corrected chi connectivity index (χ4v) is 3.89. The molecule has 1 aliphatic rings. The van der Waals surface area contributed by atoms with Gasteiger partial charge in [0, 0.05) is 13.1 Å². The molecule has 1 aliphatic carbocycles. The Balaban J connectivity index is 1.49. The molecule has 2 aromatic rings. The predicted molar refractivity (Wildman–Crippen MR) is 100 cm³/mol. The van der Waals surface area contributed by atoms with Gasteiger partial charge in [0.15, 0.2) is 0 Å². The summed E-state index contributed by atoms with van der Waals surface area (Å²) in [6, 6.07) is 8.13. The van der Waals surface area contributed by atoms with E-state index in [9.17, 15) is 4.79 Å². The number of thioether (sulfide) groups is 1. The highest BCUT2D eigenvalue weighted by Crippen LogP contribution is 2.24. The molecule has 0 bridgehead atoms. The van der Waals surface area contributed by atoms with E-state index in [-0.39, 0.29) is 5.91 Å². The summed E-state index contributed by atoms with van der Waals surface area (Å²) in [5.41, 5.74) is 1.07. The summed E-state index contributed by atoms with van der Waals surface area (Å²) in [6.45, 7) is 0. The van der Waals surface area contributed by atoms with Crippen molar-refractivity contribution in [2.24, 2.45) is 0 Å². The predicted octanol–water partition coefficient (Wildman–Crippen LogP) is 3.55. The molecule has 3 rings (SSSR count). The average Bonchev–Trinajstić information content (AvgIpc) is 3.14. The monoisotopic (exact) mass is 375 g/mol. The largest absolute Gasteiger partial charge is 0.497 e. The van der Waals surface area contributed by atoms with Crippen LogP contribution in [0.3, 0.4) is 0 Å². The van der Waals surface area contributed by atoms with E-state index in [1.54, 1.807) is 7.11 Å². The Morgan fingerprint density at radius 2 is 1.96 bits per heavy atom. The molecule has 0 atom stereocenters. The van der Waals surface area contributed by atoms with Gasteiger partial charge in [-0.15, -0.1) is 10.2 Å². The van der Waals surface area contributed by atoms with Crippen LogP contribution in [0.4, 0.5) is 0 Å². The summed E-state index contributed by atoms with van der Waals surface area (Å²) < 4.78 is 10.8. The number of nitrogens with zero attached hydrogens (tertiary/aromatic N) is 3. The number of hydrogen-bond acceptors (Lipinski definition) is 6. The number of amides is 1. The van der Waals surface area contributed by atoms with Gasteiger partial charge in [0.1, 0.15) is 5.75 Å². The van der Waals surface area contributed by atoms with Crippen molar-refractivity contribution in [1.82, 2.24) is 15.1 Å². The van der Waals surface area contributed by atoms with E-state index in [2.05, 4.69) is 10.2 Å². The van der Waals surface area contributed by atoms with Crippen molar-refractivity contribution in [1.29, 1.82) is 0 Å². The summed E-state index contributed by atoms with van der Waals surface area (Å²) in [6.07, 6.45) is 6.50. The van der Waals surface area contributed by atoms with Crippen LogP contribution in [0.15, 0.2) is 33.9 Å². The fraction of sp³-hybridized carbons (Fsp3) is 0.526. The van der Waals surface area contributed by atoms with E-state index >= 15 is 0 Å². The first-order chi connectivity index (χ1) is 12.7. The molecule has 1 amide bonds. The van der Waals surface area contributed by atoms with E-state index in [4.69, 9.17) is 9.15 Å². The number of rotatable bonds is 7. The number of carbonyl (C=O) groups is 1. The van der Waals surface area contributed by atoms with Crippen LogP contribution in [0.25, 0.3) is 0 Å². The molecule has 7 heteroatoms. The van der Waals surface area contributed by atoms with Crippen molar-refractivity contribution >= 4 is 17.7 Å². The van der Waals surface area contributed by atoms with Gasteiger partial charge in [-0.2, -0.15) is 0 Å². The van der Waals surface area contributed by atoms with E-state index in [0.717, 1.165) is 24.2 Å². The van der Waals surface area contributed by atoms with Gasteiger partial charge >= 0.3 is 0 Å². The maximum Gasteiger partial charge on any atom is 0.277 e. The summed E-state index contributed by atoms with van der Waals surface area (Å²) in [4.78, 5) is 14.3. The van der Waals surface area contributed by atoms with Gasteiger partial charge in [-0.05, 0) is 30.5 Å². The van der Waals surface area contributed by atoms with Gasteiger partial charge in [-0.3, -0.25) is 4.79 Å². The zero-order valence-electron chi connectivity index (χ0n) is 15.3. The van der Waals surface area contributed by atoms with Crippen LogP contribution in [0.1, 0.15) is 43.6 Å². The molecule has 0 saturated heterocycles. The molecule has 0 spiro atoms. The zero-order valence-corrected chi connectivity index (χ0v) is 16.1. The Morgan fingerprint density at radius 1 is 1.23 bits per heavy atom. The second-order valence-corrected chi connectivity index (χ2v) is 7.50. The van der Waals surface area contributed by atoms with Crippen LogP contribution < -0.4 is 4.74 Å². The minimum Gasteiger partial charge on any atom is -0.497 e. The molecule has 1 aromatic carbocycles. The first-order valence-corrected chi connectivity index (χ1v) is 9.98. The number of aromatic nitrogens is 2. The molecule has 1 fully saturated rings. The van der Waals surface area contributed by atoms with Crippen molar-refractivity contribution in [3.8, 4) is 5.75 Å². The minimum atomic E-state index is 0.122. The molecule has 1 aromatic heterocycles. The normalized spacial score (nSPS) is 15.0. The first-order valence-electron chi connectivity index (χ1n) is 8.99. The van der Waals surface area contributed by atoms with Crippen LogP contribution in [0.2, 0.25) is 0 Å². The number of hydrogen-bond donors (Lipinski definition) is 0. The van der Waals surface area contributed by atoms with Gasteiger partial charge in [0.25, 0.3) is 5.22 Å². The second kappa shape index (κ2) is 9.07.